The van der Waals surface area contributed by atoms with Gasteiger partial charge in [-0.3, -0.25) is 9.69 Å². The predicted octanol–water partition coefficient (Wildman–Crippen LogP) is 0.560. The Morgan fingerprint density at radius 2 is 2.20 bits per heavy atom. The molecule has 1 aliphatic heterocycles. The third-order valence-electron chi connectivity index (χ3n) is 2.74. The van der Waals surface area contributed by atoms with Gasteiger partial charge in [0.25, 0.3) is 0 Å². The molecule has 0 aromatic rings. The molecule has 1 heterocycles. The van der Waals surface area contributed by atoms with E-state index >= 15 is 0 Å². The molecule has 15 heavy (non-hydrogen) atoms. The van der Waals surface area contributed by atoms with Crippen molar-refractivity contribution in [3.05, 3.63) is 0 Å². The average molecular weight is 215 g/mol. The first-order chi connectivity index (χ1) is 7.24. The summed E-state index contributed by atoms with van der Waals surface area (Å²) in [4.78, 5) is 13.6. The molecule has 1 saturated heterocycles. The summed E-state index contributed by atoms with van der Waals surface area (Å²) >= 11 is 0. The third-order valence-corrected chi connectivity index (χ3v) is 2.74. The van der Waals surface area contributed by atoms with Gasteiger partial charge in [-0.25, -0.2) is 0 Å². The lowest BCUT2D eigenvalue weighted by Crippen LogP contribution is -2.41. The Balaban J connectivity index is 2.04. The summed E-state index contributed by atoms with van der Waals surface area (Å²) in [5.74, 6) is 0.587. The van der Waals surface area contributed by atoms with Gasteiger partial charge in [0, 0.05) is 39.1 Å². The fourth-order valence-electron chi connectivity index (χ4n) is 1.74. The Hall–Kier alpha value is -0.450. The highest BCUT2D eigenvalue weighted by atomic mass is 16.5. The summed E-state index contributed by atoms with van der Waals surface area (Å²) in [7, 11) is 1.67. The fraction of sp³-hybridized carbons (Fsp3) is 0.909. The second-order valence-corrected chi connectivity index (χ2v) is 4.02. The van der Waals surface area contributed by atoms with Crippen molar-refractivity contribution in [1.29, 1.82) is 0 Å². The van der Waals surface area contributed by atoms with Crippen molar-refractivity contribution in [3.63, 3.8) is 0 Å². The monoisotopic (exact) mass is 215 g/mol. The molecule has 4 nitrogen and oxygen atoms in total. The van der Waals surface area contributed by atoms with E-state index in [1.807, 2.05) is 6.92 Å². The number of ether oxygens (including phenoxy) is 2. The highest BCUT2D eigenvalue weighted by molar-refractivity contribution is 5.81. The number of nitrogens with zero attached hydrogens (tertiary/aromatic N) is 1. The molecule has 0 saturated carbocycles. The molecular weight excluding hydrogens is 194 g/mol. The summed E-state index contributed by atoms with van der Waals surface area (Å²) in [6.07, 6.45) is 0.694. The Kier molecular flexibility index (Phi) is 5.83. The number of rotatable bonds is 6. The fourth-order valence-corrected chi connectivity index (χ4v) is 1.74. The van der Waals surface area contributed by atoms with E-state index in [1.165, 1.54) is 0 Å². The van der Waals surface area contributed by atoms with Gasteiger partial charge >= 0.3 is 0 Å². The number of hydrogen-bond donors (Lipinski definition) is 0. The zero-order valence-corrected chi connectivity index (χ0v) is 9.70. The summed E-state index contributed by atoms with van der Waals surface area (Å²) < 4.78 is 10.3. The molecule has 0 aliphatic carbocycles. The molecule has 0 radical (unpaired) electrons. The number of Topliss-reactive ketones (excluding diaryl/α,β-unsaturated/α-hetero) is 1. The van der Waals surface area contributed by atoms with Crippen LogP contribution in [-0.4, -0.2) is 57.2 Å². The average Bonchev–Trinajstić information content (AvgIpc) is 2.23. The number of hydrogen-bond acceptors (Lipinski definition) is 4. The Bertz CT molecular complexity index is 196. The predicted molar refractivity (Wildman–Crippen MR) is 57.9 cm³/mol. The maximum atomic E-state index is 11.3. The number of carbonyl (C=O) groups excluding carboxylic acids is 1. The molecule has 0 spiro atoms. The van der Waals surface area contributed by atoms with Gasteiger partial charge in [0.2, 0.25) is 0 Å². The van der Waals surface area contributed by atoms with E-state index in [-0.39, 0.29) is 5.92 Å². The van der Waals surface area contributed by atoms with Crippen LogP contribution in [-0.2, 0) is 14.3 Å². The highest BCUT2D eigenvalue weighted by Gasteiger charge is 2.22. The summed E-state index contributed by atoms with van der Waals surface area (Å²) in [6.45, 7) is 6.71. The second-order valence-electron chi connectivity index (χ2n) is 4.02. The van der Waals surface area contributed by atoms with E-state index in [0.717, 1.165) is 26.2 Å². The van der Waals surface area contributed by atoms with Gasteiger partial charge in [0.05, 0.1) is 19.8 Å². The van der Waals surface area contributed by atoms with Gasteiger partial charge in [-0.2, -0.15) is 0 Å². The van der Waals surface area contributed by atoms with E-state index in [4.69, 9.17) is 9.47 Å². The van der Waals surface area contributed by atoms with Crippen LogP contribution >= 0.6 is 0 Å². The Labute approximate surface area is 91.5 Å². The van der Waals surface area contributed by atoms with Crippen LogP contribution in [0.3, 0.4) is 0 Å². The van der Waals surface area contributed by atoms with Crippen molar-refractivity contribution in [2.45, 2.75) is 13.3 Å². The standard InChI is InChI=1S/C11H21NO3/c1-10-9-12(4-3-11(10)13)5-6-15-8-7-14-2/h10H,3-9H2,1-2H3. The number of methoxy groups -OCH3 is 1. The summed E-state index contributed by atoms with van der Waals surface area (Å²) in [6, 6.07) is 0. The van der Waals surface area contributed by atoms with Crippen LogP contribution in [0.4, 0.5) is 0 Å². The van der Waals surface area contributed by atoms with E-state index in [0.29, 0.717) is 25.4 Å². The first-order valence-electron chi connectivity index (χ1n) is 5.55. The van der Waals surface area contributed by atoms with Gasteiger partial charge in [0.15, 0.2) is 0 Å². The maximum absolute atomic E-state index is 11.3. The van der Waals surface area contributed by atoms with Crippen molar-refractivity contribution < 1.29 is 14.3 Å². The number of piperidine rings is 1. The third kappa shape index (κ3) is 4.73. The van der Waals surface area contributed by atoms with E-state index in [9.17, 15) is 4.79 Å². The smallest absolute Gasteiger partial charge is 0.138 e. The van der Waals surface area contributed by atoms with Crippen molar-refractivity contribution in [2.24, 2.45) is 5.92 Å². The van der Waals surface area contributed by atoms with Crippen LogP contribution in [0.25, 0.3) is 0 Å². The molecule has 88 valence electrons. The number of ketones is 1. The largest absolute Gasteiger partial charge is 0.382 e. The molecule has 0 N–H and O–H groups in total. The molecule has 1 aliphatic rings. The second kappa shape index (κ2) is 6.93. The molecular formula is C11H21NO3. The number of likely N-dealkylation sites (tertiary alicyclic amines) is 1. The van der Waals surface area contributed by atoms with Gasteiger partial charge in [-0.05, 0) is 0 Å². The highest BCUT2D eigenvalue weighted by Crippen LogP contribution is 2.11. The van der Waals surface area contributed by atoms with Gasteiger partial charge in [-0.15, -0.1) is 0 Å². The lowest BCUT2D eigenvalue weighted by molar-refractivity contribution is -0.125. The molecule has 4 heteroatoms. The lowest BCUT2D eigenvalue weighted by Gasteiger charge is -2.29. The maximum Gasteiger partial charge on any atom is 0.138 e. The first-order valence-corrected chi connectivity index (χ1v) is 5.55. The summed E-state index contributed by atoms with van der Waals surface area (Å²) in [5, 5.41) is 0. The van der Waals surface area contributed by atoms with Gasteiger partial charge in [-0.1, -0.05) is 6.92 Å². The molecule has 1 unspecified atom stereocenters. The van der Waals surface area contributed by atoms with E-state index in [2.05, 4.69) is 4.90 Å². The van der Waals surface area contributed by atoms with Crippen LogP contribution in [0.2, 0.25) is 0 Å². The molecule has 0 aromatic heterocycles. The van der Waals surface area contributed by atoms with Crippen molar-refractivity contribution in [1.82, 2.24) is 4.90 Å². The van der Waals surface area contributed by atoms with Crippen LogP contribution < -0.4 is 0 Å². The quantitative estimate of drug-likeness (QED) is 0.607. The molecule has 1 atom stereocenters. The minimum atomic E-state index is 0.192. The minimum Gasteiger partial charge on any atom is -0.382 e. The molecule has 1 fully saturated rings. The molecule has 0 amide bonds. The molecule has 1 rings (SSSR count). The first kappa shape index (κ1) is 12.6. The van der Waals surface area contributed by atoms with Crippen molar-refractivity contribution >= 4 is 5.78 Å². The Morgan fingerprint density at radius 1 is 1.40 bits per heavy atom. The zero-order chi connectivity index (χ0) is 11.1. The van der Waals surface area contributed by atoms with Crippen molar-refractivity contribution in [3.8, 4) is 0 Å². The van der Waals surface area contributed by atoms with E-state index in [1.54, 1.807) is 7.11 Å². The molecule has 0 bridgehead atoms. The Morgan fingerprint density at radius 3 is 2.87 bits per heavy atom. The van der Waals surface area contributed by atoms with Gasteiger partial charge < -0.3 is 9.47 Å². The van der Waals surface area contributed by atoms with Crippen molar-refractivity contribution in [2.75, 3.05) is 46.6 Å². The van der Waals surface area contributed by atoms with Crippen LogP contribution in [0.1, 0.15) is 13.3 Å². The lowest BCUT2D eigenvalue weighted by atomic mass is 9.99. The SMILES string of the molecule is COCCOCCN1CCC(=O)C(C)C1. The van der Waals surface area contributed by atoms with Crippen LogP contribution in [0.15, 0.2) is 0 Å². The topological polar surface area (TPSA) is 38.8 Å². The van der Waals surface area contributed by atoms with Crippen LogP contribution in [0.5, 0.6) is 0 Å². The van der Waals surface area contributed by atoms with Crippen LogP contribution in [0, 0.1) is 5.92 Å². The normalized spacial score (nSPS) is 23.3. The summed E-state index contributed by atoms with van der Waals surface area (Å²) in [5.41, 5.74) is 0. The van der Waals surface area contributed by atoms with E-state index < -0.39 is 0 Å². The van der Waals surface area contributed by atoms with Gasteiger partial charge in [0.1, 0.15) is 5.78 Å². The number of carbonyl (C=O) groups is 1. The minimum absolute atomic E-state index is 0.192. The zero-order valence-electron chi connectivity index (χ0n) is 9.70. The molecule has 0 aromatic carbocycles.